The Hall–Kier alpha value is -2.15. The largest absolute Gasteiger partial charge is 0.298 e. The van der Waals surface area contributed by atoms with E-state index in [9.17, 15) is 4.79 Å². The van der Waals surface area contributed by atoms with Crippen LogP contribution in [0.5, 0.6) is 0 Å². The molecule has 0 radical (unpaired) electrons. The summed E-state index contributed by atoms with van der Waals surface area (Å²) in [6.45, 7) is 17.8. The number of carbonyl (C=O) groups excluding carboxylic acids is 1. The summed E-state index contributed by atoms with van der Waals surface area (Å²) in [5.74, 6) is 3.21. The molecule has 3 saturated carbocycles. The van der Waals surface area contributed by atoms with E-state index >= 15 is 0 Å². The van der Waals surface area contributed by atoms with Crippen molar-refractivity contribution in [1.82, 2.24) is 0 Å². The molecule has 0 unspecified atom stereocenters. The molecule has 1 heteroatoms. The van der Waals surface area contributed by atoms with Crippen molar-refractivity contribution in [2.45, 2.75) is 163 Å². The molecule has 0 heterocycles. The van der Waals surface area contributed by atoms with E-state index in [1.165, 1.54) is 110 Å². The molecule has 0 aromatic heterocycles. The van der Waals surface area contributed by atoms with Gasteiger partial charge in [0.15, 0.2) is 0 Å². The summed E-state index contributed by atoms with van der Waals surface area (Å²) in [4.78, 5) is 14.9. The summed E-state index contributed by atoms with van der Waals surface area (Å²) in [5.41, 5.74) is 12.5. The first kappa shape index (κ1) is 34.2. The van der Waals surface area contributed by atoms with Crippen LogP contribution in [0.1, 0.15) is 166 Å². The average molecular weight is 609 g/mol. The van der Waals surface area contributed by atoms with E-state index < -0.39 is 0 Å². The van der Waals surface area contributed by atoms with Crippen molar-refractivity contribution >= 4 is 11.4 Å². The number of allylic oxidation sites excluding steroid dienone is 7. The quantitative estimate of drug-likeness (QED) is 0.194. The Labute approximate surface area is 277 Å². The van der Waals surface area contributed by atoms with Crippen LogP contribution in [0.25, 0.3) is 5.57 Å². The van der Waals surface area contributed by atoms with Crippen LogP contribution < -0.4 is 0 Å². The van der Waals surface area contributed by atoms with Crippen LogP contribution in [-0.2, 0) is 10.2 Å². The Morgan fingerprint density at radius 2 is 1.51 bits per heavy atom. The van der Waals surface area contributed by atoms with Crippen molar-refractivity contribution in [3.05, 3.63) is 75.4 Å². The lowest BCUT2D eigenvalue weighted by Gasteiger charge is -2.41. The third-order valence-corrected chi connectivity index (χ3v) is 12.5. The summed E-state index contributed by atoms with van der Waals surface area (Å²) in [7, 11) is 0. The highest BCUT2D eigenvalue weighted by Gasteiger charge is 2.44. The highest BCUT2D eigenvalue weighted by Crippen LogP contribution is 2.49. The van der Waals surface area contributed by atoms with E-state index in [4.69, 9.17) is 0 Å². The summed E-state index contributed by atoms with van der Waals surface area (Å²) in [5, 5.41) is 0. The van der Waals surface area contributed by atoms with Crippen LogP contribution in [0.15, 0.2) is 53.2 Å². The van der Waals surface area contributed by atoms with E-state index in [0.717, 1.165) is 61.9 Å². The molecule has 0 aliphatic heterocycles. The molecule has 0 atom stereocenters. The van der Waals surface area contributed by atoms with Crippen molar-refractivity contribution in [2.75, 3.05) is 0 Å². The molecule has 4 aliphatic rings. The number of ketones is 1. The SMILES string of the molecule is C=C(C)/C=C1/CCCC(c2cc(C)c(C(CCC3CCC3)(CCC3CCC3)C(=O)C(CC)CC)cc2C)=C(CC2CC2)/C1=C\C. The molecule has 4 aliphatic carbocycles. The molecule has 0 N–H and O–H groups in total. The van der Waals surface area contributed by atoms with Crippen molar-refractivity contribution in [3.8, 4) is 0 Å². The minimum absolute atomic E-state index is 0.164. The van der Waals surface area contributed by atoms with Crippen molar-refractivity contribution < 1.29 is 4.79 Å². The van der Waals surface area contributed by atoms with E-state index in [-0.39, 0.29) is 11.3 Å². The second-order valence-corrected chi connectivity index (χ2v) is 15.8. The molecule has 5 rings (SSSR count). The van der Waals surface area contributed by atoms with Gasteiger partial charge in [-0.15, -0.1) is 0 Å². The minimum Gasteiger partial charge on any atom is -0.298 e. The maximum Gasteiger partial charge on any atom is 0.146 e. The van der Waals surface area contributed by atoms with E-state index in [2.05, 4.69) is 72.4 Å². The lowest BCUT2D eigenvalue weighted by atomic mass is 9.61. The van der Waals surface area contributed by atoms with Gasteiger partial charge in [-0.1, -0.05) is 88.8 Å². The molecule has 246 valence electrons. The molecule has 0 spiro atoms. The molecular weight excluding hydrogens is 544 g/mol. The fraction of sp³-hybridized carbons (Fsp3) is 0.659. The fourth-order valence-electron chi connectivity index (χ4n) is 8.99. The molecule has 0 amide bonds. The van der Waals surface area contributed by atoms with E-state index in [1.54, 1.807) is 11.1 Å². The van der Waals surface area contributed by atoms with Gasteiger partial charge >= 0.3 is 0 Å². The van der Waals surface area contributed by atoms with Gasteiger partial charge < -0.3 is 0 Å². The zero-order chi connectivity index (χ0) is 32.1. The van der Waals surface area contributed by atoms with Gasteiger partial charge in [0.2, 0.25) is 0 Å². The standard InChI is InChI=1S/C44H64O/c1-8-36(9-2)43(45)44(24-22-33-14-11-15-33,25-23-34-16-12-17-34)42-28-31(6)40(27-32(42)7)39-19-13-18-37(26-30(4)5)38(10-3)41(39)29-35-20-21-35/h10,26-28,33-36H,4,8-9,11-25,29H2,1-3,5-7H3/b37-26-,38-10-. The number of aryl methyl sites for hydroxylation is 2. The van der Waals surface area contributed by atoms with Crippen LogP contribution in [-0.4, -0.2) is 5.78 Å². The monoisotopic (exact) mass is 608 g/mol. The smallest absolute Gasteiger partial charge is 0.146 e. The third-order valence-electron chi connectivity index (χ3n) is 12.5. The number of rotatable bonds is 15. The zero-order valence-corrected chi connectivity index (χ0v) is 30.0. The predicted molar refractivity (Wildman–Crippen MR) is 195 cm³/mol. The number of carbonyl (C=O) groups is 1. The van der Waals surface area contributed by atoms with Crippen LogP contribution in [0.2, 0.25) is 0 Å². The van der Waals surface area contributed by atoms with Gasteiger partial charge in [0.05, 0.1) is 5.41 Å². The fourth-order valence-corrected chi connectivity index (χ4v) is 8.99. The summed E-state index contributed by atoms with van der Waals surface area (Å²) in [6.07, 6.45) is 26.8. The van der Waals surface area contributed by atoms with Crippen molar-refractivity contribution in [1.29, 1.82) is 0 Å². The molecule has 1 nitrogen and oxygen atoms in total. The Balaban J connectivity index is 1.62. The zero-order valence-electron chi connectivity index (χ0n) is 30.0. The van der Waals surface area contributed by atoms with Crippen LogP contribution in [0.3, 0.4) is 0 Å². The maximum absolute atomic E-state index is 14.9. The molecule has 0 bridgehead atoms. The Kier molecular flexibility index (Phi) is 11.5. The molecule has 45 heavy (non-hydrogen) atoms. The first-order valence-electron chi connectivity index (χ1n) is 19.1. The van der Waals surface area contributed by atoms with Crippen LogP contribution in [0.4, 0.5) is 0 Å². The Morgan fingerprint density at radius 3 is 2.00 bits per heavy atom. The normalized spacial score (nSPS) is 21.8. The van der Waals surface area contributed by atoms with Gasteiger partial charge in [0, 0.05) is 5.92 Å². The topological polar surface area (TPSA) is 17.1 Å². The molecule has 1 aromatic rings. The van der Waals surface area contributed by atoms with Gasteiger partial charge in [-0.2, -0.15) is 0 Å². The summed E-state index contributed by atoms with van der Waals surface area (Å²) in [6, 6.07) is 5.06. The Bertz CT molecular complexity index is 1300. The first-order chi connectivity index (χ1) is 21.7. The first-order valence-corrected chi connectivity index (χ1v) is 19.1. The van der Waals surface area contributed by atoms with Crippen LogP contribution in [0, 0.1) is 37.5 Å². The predicted octanol–water partition coefficient (Wildman–Crippen LogP) is 12.9. The number of hydrogen-bond acceptors (Lipinski definition) is 1. The second-order valence-electron chi connectivity index (χ2n) is 15.8. The highest BCUT2D eigenvalue weighted by atomic mass is 16.1. The molecular formula is C44H64O. The molecule has 1 aromatic carbocycles. The van der Waals surface area contributed by atoms with Crippen molar-refractivity contribution in [3.63, 3.8) is 0 Å². The number of Topliss-reactive ketones (excluding diaryl/α,β-unsaturated/α-hetero) is 1. The maximum atomic E-state index is 14.9. The summed E-state index contributed by atoms with van der Waals surface area (Å²) < 4.78 is 0. The number of hydrogen-bond donors (Lipinski definition) is 0. The van der Waals surface area contributed by atoms with Gasteiger partial charge in [0.1, 0.15) is 5.78 Å². The van der Waals surface area contributed by atoms with E-state index in [1.807, 2.05) is 0 Å². The van der Waals surface area contributed by atoms with Gasteiger partial charge in [-0.05, 0) is 167 Å². The van der Waals surface area contributed by atoms with Gasteiger partial charge in [-0.3, -0.25) is 4.79 Å². The Morgan fingerprint density at radius 1 is 0.889 bits per heavy atom. The minimum atomic E-state index is -0.338. The molecule has 3 fully saturated rings. The van der Waals surface area contributed by atoms with Crippen LogP contribution >= 0.6 is 0 Å². The summed E-state index contributed by atoms with van der Waals surface area (Å²) >= 11 is 0. The van der Waals surface area contributed by atoms with Gasteiger partial charge in [0.25, 0.3) is 0 Å². The highest BCUT2D eigenvalue weighted by molar-refractivity contribution is 5.93. The average Bonchev–Trinajstić information content (AvgIpc) is 3.79. The lowest BCUT2D eigenvalue weighted by molar-refractivity contribution is -0.130. The molecule has 0 saturated heterocycles. The van der Waals surface area contributed by atoms with E-state index in [0.29, 0.717) is 5.78 Å². The second kappa shape index (κ2) is 15.2. The van der Waals surface area contributed by atoms with Crippen molar-refractivity contribution in [2.24, 2.45) is 23.7 Å². The number of benzene rings is 1. The lowest BCUT2D eigenvalue weighted by Crippen LogP contribution is -2.42. The van der Waals surface area contributed by atoms with Gasteiger partial charge in [-0.25, -0.2) is 0 Å². The third kappa shape index (κ3) is 7.71.